The number of ether oxygens (including phenoxy) is 2. The van der Waals surface area contributed by atoms with Crippen LogP contribution >= 0.6 is 0 Å². The molecule has 0 aromatic heterocycles. The Hall–Kier alpha value is -3.55. The van der Waals surface area contributed by atoms with Gasteiger partial charge in [-0.25, -0.2) is 0 Å². The number of nitrogens with one attached hydrogen (secondary N) is 3. The maximum absolute atomic E-state index is 12.3. The minimum absolute atomic E-state index is 0.168. The Balaban J connectivity index is 1.76. The van der Waals surface area contributed by atoms with Crippen LogP contribution in [0, 0.1) is 0 Å². The maximum atomic E-state index is 12.3. The SMILES string of the molecule is CCOc1ccc(C(=O)NCC(=O)NCC(=O)NCc2ccccc2)cc1OCC. The van der Waals surface area contributed by atoms with Crippen molar-refractivity contribution < 1.29 is 23.9 Å². The van der Waals surface area contributed by atoms with Gasteiger partial charge in [0.2, 0.25) is 11.8 Å². The number of rotatable bonds is 11. The predicted octanol–water partition coefficient (Wildman–Crippen LogP) is 1.65. The summed E-state index contributed by atoms with van der Waals surface area (Å²) in [4.78, 5) is 36.0. The summed E-state index contributed by atoms with van der Waals surface area (Å²) in [6.07, 6.45) is 0. The molecule has 0 aliphatic carbocycles. The zero-order valence-electron chi connectivity index (χ0n) is 17.2. The van der Waals surface area contributed by atoms with Gasteiger partial charge in [-0.15, -0.1) is 0 Å². The molecule has 0 radical (unpaired) electrons. The summed E-state index contributed by atoms with van der Waals surface area (Å²) in [5.74, 6) is -0.190. The van der Waals surface area contributed by atoms with Crippen LogP contribution in [-0.4, -0.2) is 44.0 Å². The summed E-state index contributed by atoms with van der Waals surface area (Å²) >= 11 is 0. The molecule has 2 aromatic rings. The van der Waals surface area contributed by atoms with E-state index in [-0.39, 0.29) is 19.0 Å². The number of carbonyl (C=O) groups excluding carboxylic acids is 3. The van der Waals surface area contributed by atoms with Crippen molar-refractivity contribution in [3.8, 4) is 11.5 Å². The minimum Gasteiger partial charge on any atom is -0.490 e. The second-order valence-corrected chi connectivity index (χ2v) is 6.25. The Bertz CT molecular complexity index is 855. The normalized spacial score (nSPS) is 10.1. The Morgan fingerprint density at radius 3 is 2.10 bits per heavy atom. The molecule has 3 N–H and O–H groups in total. The first kappa shape index (κ1) is 22.7. The van der Waals surface area contributed by atoms with Gasteiger partial charge in [0.05, 0.1) is 26.3 Å². The maximum Gasteiger partial charge on any atom is 0.251 e. The smallest absolute Gasteiger partial charge is 0.251 e. The summed E-state index contributed by atoms with van der Waals surface area (Å²) in [6, 6.07) is 14.3. The first-order valence-corrected chi connectivity index (χ1v) is 9.78. The average molecular weight is 413 g/mol. The van der Waals surface area contributed by atoms with Crippen molar-refractivity contribution in [2.24, 2.45) is 0 Å². The van der Waals surface area contributed by atoms with E-state index < -0.39 is 11.8 Å². The van der Waals surface area contributed by atoms with Crippen molar-refractivity contribution in [3.05, 3.63) is 59.7 Å². The van der Waals surface area contributed by atoms with Gasteiger partial charge >= 0.3 is 0 Å². The largest absolute Gasteiger partial charge is 0.490 e. The van der Waals surface area contributed by atoms with E-state index in [0.29, 0.717) is 36.8 Å². The molecule has 8 nitrogen and oxygen atoms in total. The van der Waals surface area contributed by atoms with Gasteiger partial charge in [0, 0.05) is 12.1 Å². The highest BCUT2D eigenvalue weighted by molar-refractivity contribution is 5.97. The van der Waals surface area contributed by atoms with E-state index in [2.05, 4.69) is 16.0 Å². The summed E-state index contributed by atoms with van der Waals surface area (Å²) in [5, 5.41) is 7.71. The molecule has 2 aromatic carbocycles. The molecule has 0 heterocycles. The van der Waals surface area contributed by atoms with E-state index >= 15 is 0 Å². The first-order chi connectivity index (χ1) is 14.5. The lowest BCUT2D eigenvalue weighted by Gasteiger charge is -2.12. The molecule has 160 valence electrons. The molecule has 0 spiro atoms. The number of amides is 3. The van der Waals surface area contributed by atoms with E-state index in [1.165, 1.54) is 0 Å². The first-order valence-electron chi connectivity index (χ1n) is 9.78. The van der Waals surface area contributed by atoms with Crippen molar-refractivity contribution >= 4 is 17.7 Å². The lowest BCUT2D eigenvalue weighted by atomic mass is 10.2. The van der Waals surface area contributed by atoms with Crippen molar-refractivity contribution in [3.63, 3.8) is 0 Å². The van der Waals surface area contributed by atoms with Crippen molar-refractivity contribution in [2.75, 3.05) is 26.3 Å². The molecule has 0 unspecified atom stereocenters. The van der Waals surface area contributed by atoms with Crippen LogP contribution in [0.5, 0.6) is 11.5 Å². The molecule has 8 heteroatoms. The highest BCUT2D eigenvalue weighted by Crippen LogP contribution is 2.28. The molecular weight excluding hydrogens is 386 g/mol. The van der Waals surface area contributed by atoms with E-state index in [4.69, 9.17) is 9.47 Å². The van der Waals surface area contributed by atoms with Crippen LogP contribution in [-0.2, 0) is 16.1 Å². The molecule has 0 saturated heterocycles. The van der Waals surface area contributed by atoms with Crippen LogP contribution in [0.25, 0.3) is 0 Å². The quantitative estimate of drug-likeness (QED) is 0.519. The third kappa shape index (κ3) is 7.46. The van der Waals surface area contributed by atoms with Gasteiger partial charge in [-0.1, -0.05) is 30.3 Å². The molecular formula is C22H27N3O5. The molecule has 0 aliphatic heterocycles. The predicted molar refractivity (Wildman–Crippen MR) is 112 cm³/mol. The van der Waals surface area contributed by atoms with E-state index in [1.54, 1.807) is 18.2 Å². The van der Waals surface area contributed by atoms with Gasteiger partial charge in [-0.3, -0.25) is 14.4 Å². The molecule has 0 aliphatic rings. The van der Waals surface area contributed by atoms with Gasteiger partial charge in [0.15, 0.2) is 11.5 Å². The van der Waals surface area contributed by atoms with Crippen LogP contribution in [0.4, 0.5) is 0 Å². The average Bonchev–Trinajstić information content (AvgIpc) is 2.76. The van der Waals surface area contributed by atoms with Crippen LogP contribution in [0.3, 0.4) is 0 Å². The topological polar surface area (TPSA) is 106 Å². The van der Waals surface area contributed by atoms with Crippen LogP contribution in [0.15, 0.2) is 48.5 Å². The van der Waals surface area contributed by atoms with Crippen molar-refractivity contribution in [2.45, 2.75) is 20.4 Å². The summed E-state index contributed by atoms with van der Waals surface area (Å²) in [5.41, 5.74) is 1.31. The summed E-state index contributed by atoms with van der Waals surface area (Å²) in [7, 11) is 0. The van der Waals surface area contributed by atoms with Crippen LogP contribution in [0.1, 0.15) is 29.8 Å². The Labute approximate surface area is 175 Å². The van der Waals surface area contributed by atoms with Gasteiger partial charge in [0.1, 0.15) is 0 Å². The van der Waals surface area contributed by atoms with Gasteiger partial charge < -0.3 is 25.4 Å². The molecule has 30 heavy (non-hydrogen) atoms. The van der Waals surface area contributed by atoms with Crippen LogP contribution < -0.4 is 25.4 Å². The zero-order chi connectivity index (χ0) is 21.8. The Morgan fingerprint density at radius 1 is 0.767 bits per heavy atom. The molecule has 0 bridgehead atoms. The lowest BCUT2D eigenvalue weighted by Crippen LogP contribution is -2.41. The van der Waals surface area contributed by atoms with Crippen molar-refractivity contribution in [1.82, 2.24) is 16.0 Å². The third-order valence-electron chi connectivity index (χ3n) is 3.99. The highest BCUT2D eigenvalue weighted by atomic mass is 16.5. The van der Waals surface area contributed by atoms with Gasteiger partial charge in [-0.05, 0) is 37.6 Å². The standard InChI is InChI=1S/C22H27N3O5/c1-3-29-18-11-10-17(12-19(18)30-4-2)22(28)25-15-21(27)24-14-20(26)23-13-16-8-6-5-7-9-16/h5-12H,3-4,13-15H2,1-2H3,(H,23,26)(H,24,27)(H,25,28). The lowest BCUT2D eigenvalue weighted by molar-refractivity contribution is -0.125. The second kappa shape index (κ2) is 12.1. The fraction of sp³-hybridized carbons (Fsp3) is 0.318. The Morgan fingerprint density at radius 2 is 1.40 bits per heavy atom. The number of carbonyl (C=O) groups is 3. The molecule has 3 amide bonds. The van der Waals surface area contributed by atoms with Gasteiger partial charge in [-0.2, -0.15) is 0 Å². The molecule has 2 rings (SSSR count). The highest BCUT2D eigenvalue weighted by Gasteiger charge is 2.13. The molecule has 0 atom stereocenters. The molecule has 0 saturated carbocycles. The second-order valence-electron chi connectivity index (χ2n) is 6.25. The fourth-order valence-electron chi connectivity index (χ4n) is 2.56. The summed E-state index contributed by atoms with van der Waals surface area (Å²) < 4.78 is 11.0. The monoisotopic (exact) mass is 413 g/mol. The van der Waals surface area contributed by atoms with Crippen molar-refractivity contribution in [1.29, 1.82) is 0 Å². The fourth-order valence-corrected chi connectivity index (χ4v) is 2.56. The number of benzene rings is 2. The van der Waals surface area contributed by atoms with E-state index in [9.17, 15) is 14.4 Å². The molecule has 0 fully saturated rings. The number of hydrogen-bond donors (Lipinski definition) is 3. The number of hydrogen-bond acceptors (Lipinski definition) is 5. The van der Waals surface area contributed by atoms with Gasteiger partial charge in [0.25, 0.3) is 5.91 Å². The zero-order valence-corrected chi connectivity index (χ0v) is 17.2. The Kier molecular flexibility index (Phi) is 9.18. The minimum atomic E-state index is -0.464. The third-order valence-corrected chi connectivity index (χ3v) is 3.99. The van der Waals surface area contributed by atoms with Crippen LogP contribution in [0.2, 0.25) is 0 Å². The van der Waals surface area contributed by atoms with E-state index in [1.807, 2.05) is 44.2 Å². The van der Waals surface area contributed by atoms with E-state index in [0.717, 1.165) is 5.56 Å². The summed E-state index contributed by atoms with van der Waals surface area (Å²) in [6.45, 7) is 4.57.